The lowest BCUT2D eigenvalue weighted by atomic mass is 10.1. The fourth-order valence-electron chi connectivity index (χ4n) is 2.90. The molecule has 0 aliphatic heterocycles. The molecule has 0 radical (unpaired) electrons. The zero-order chi connectivity index (χ0) is 18.4. The Bertz CT molecular complexity index is 937. The molecule has 0 aliphatic rings. The summed E-state index contributed by atoms with van der Waals surface area (Å²) in [6.07, 6.45) is 1.05. The molecule has 2 aromatic carbocycles. The van der Waals surface area contributed by atoms with Crippen LogP contribution in [0.3, 0.4) is 0 Å². The highest BCUT2D eigenvalue weighted by Gasteiger charge is 2.13. The third kappa shape index (κ3) is 4.14. The van der Waals surface area contributed by atoms with E-state index < -0.39 is 0 Å². The van der Waals surface area contributed by atoms with E-state index in [-0.39, 0.29) is 24.4 Å². The average Bonchev–Trinajstić information content (AvgIpc) is 2.69. The van der Waals surface area contributed by atoms with E-state index >= 15 is 0 Å². The lowest BCUT2D eigenvalue weighted by Crippen LogP contribution is -2.34. The first kappa shape index (κ1) is 17.8. The molecule has 6 heteroatoms. The molecular formula is C20H22N4O2. The van der Waals surface area contributed by atoms with Gasteiger partial charge in [0.1, 0.15) is 5.52 Å². The Morgan fingerprint density at radius 1 is 1.08 bits per heavy atom. The molecule has 0 aliphatic carbocycles. The molecule has 3 rings (SSSR count). The first-order chi connectivity index (χ1) is 12.7. The summed E-state index contributed by atoms with van der Waals surface area (Å²) in [7, 11) is 0. The van der Waals surface area contributed by atoms with Crippen LogP contribution in [0.4, 0.5) is 0 Å². The van der Waals surface area contributed by atoms with Gasteiger partial charge in [0.2, 0.25) is 5.91 Å². The quantitative estimate of drug-likeness (QED) is 0.655. The molecule has 26 heavy (non-hydrogen) atoms. The third-order valence-electron chi connectivity index (χ3n) is 4.41. The van der Waals surface area contributed by atoms with Gasteiger partial charge < -0.3 is 4.90 Å². The van der Waals surface area contributed by atoms with Crippen LogP contribution in [0, 0.1) is 0 Å². The normalized spacial score (nSPS) is 10.8. The van der Waals surface area contributed by atoms with Crippen molar-refractivity contribution in [2.75, 3.05) is 13.1 Å². The number of hydrogen-bond acceptors (Lipinski definition) is 4. The zero-order valence-electron chi connectivity index (χ0n) is 14.8. The number of amides is 1. The number of rotatable bonds is 7. The van der Waals surface area contributed by atoms with E-state index in [0.717, 1.165) is 6.42 Å². The van der Waals surface area contributed by atoms with Crippen molar-refractivity contribution in [3.05, 3.63) is 70.5 Å². The fourth-order valence-corrected chi connectivity index (χ4v) is 2.90. The summed E-state index contributed by atoms with van der Waals surface area (Å²) in [4.78, 5) is 26.7. The Balaban J connectivity index is 1.62. The molecule has 1 amide bonds. The summed E-state index contributed by atoms with van der Waals surface area (Å²) in [5.41, 5.74) is 1.56. The summed E-state index contributed by atoms with van der Waals surface area (Å²) in [5.74, 6) is 0.0188. The van der Waals surface area contributed by atoms with Crippen LogP contribution in [0.1, 0.15) is 18.9 Å². The van der Waals surface area contributed by atoms with E-state index in [2.05, 4.69) is 22.4 Å². The van der Waals surface area contributed by atoms with Gasteiger partial charge in [-0.2, -0.15) is 0 Å². The van der Waals surface area contributed by atoms with E-state index in [1.165, 1.54) is 10.2 Å². The van der Waals surface area contributed by atoms with Crippen LogP contribution < -0.4 is 5.56 Å². The minimum Gasteiger partial charge on any atom is -0.343 e. The first-order valence-corrected chi connectivity index (χ1v) is 8.83. The van der Waals surface area contributed by atoms with Crippen molar-refractivity contribution in [3.8, 4) is 0 Å². The van der Waals surface area contributed by atoms with Crippen molar-refractivity contribution in [3.63, 3.8) is 0 Å². The molecule has 6 nitrogen and oxygen atoms in total. The lowest BCUT2D eigenvalue weighted by Gasteiger charge is -2.21. The van der Waals surface area contributed by atoms with Crippen molar-refractivity contribution in [1.82, 2.24) is 19.9 Å². The summed E-state index contributed by atoms with van der Waals surface area (Å²) in [6, 6.07) is 17.2. The highest BCUT2D eigenvalue weighted by molar-refractivity contribution is 5.77. The van der Waals surface area contributed by atoms with Gasteiger partial charge in [-0.1, -0.05) is 47.7 Å². The fraction of sp³-hybridized carbons (Fsp3) is 0.300. The van der Waals surface area contributed by atoms with E-state index in [1.54, 1.807) is 18.2 Å². The van der Waals surface area contributed by atoms with E-state index in [4.69, 9.17) is 0 Å². The van der Waals surface area contributed by atoms with Crippen LogP contribution in [-0.4, -0.2) is 38.9 Å². The minimum absolute atomic E-state index is 0.0188. The highest BCUT2D eigenvalue weighted by atomic mass is 16.2. The van der Waals surface area contributed by atoms with Crippen LogP contribution in [0.15, 0.2) is 59.4 Å². The molecule has 0 spiro atoms. The van der Waals surface area contributed by atoms with Crippen LogP contribution >= 0.6 is 0 Å². The second-order valence-corrected chi connectivity index (χ2v) is 6.09. The van der Waals surface area contributed by atoms with Crippen LogP contribution in [0.25, 0.3) is 10.9 Å². The predicted octanol–water partition coefficient (Wildman–Crippen LogP) is 2.27. The number of likely N-dealkylation sites (N-methyl/N-ethyl adjacent to an activating group) is 1. The molecule has 0 unspecified atom stereocenters. The summed E-state index contributed by atoms with van der Waals surface area (Å²) in [5, 5.41) is 8.51. The molecular weight excluding hydrogens is 328 g/mol. The number of carbonyl (C=O) groups excluding carboxylic acids is 1. The number of carbonyl (C=O) groups is 1. The molecule has 1 aromatic heterocycles. The van der Waals surface area contributed by atoms with Gasteiger partial charge in [-0.05, 0) is 31.0 Å². The van der Waals surface area contributed by atoms with Crippen molar-refractivity contribution in [1.29, 1.82) is 0 Å². The molecule has 0 saturated carbocycles. The number of benzene rings is 2. The SMILES string of the molecule is CCN(CCc1ccccc1)C(=O)CCn1nnc2ccccc2c1=O. The van der Waals surface area contributed by atoms with Gasteiger partial charge in [0.15, 0.2) is 0 Å². The van der Waals surface area contributed by atoms with Gasteiger partial charge in [0.25, 0.3) is 5.56 Å². The first-order valence-electron chi connectivity index (χ1n) is 8.83. The van der Waals surface area contributed by atoms with Gasteiger partial charge in [0.05, 0.1) is 11.9 Å². The molecule has 0 atom stereocenters. The van der Waals surface area contributed by atoms with Crippen LogP contribution in [0.2, 0.25) is 0 Å². The maximum atomic E-state index is 12.5. The Morgan fingerprint density at radius 3 is 2.58 bits per heavy atom. The Labute approximate surface area is 152 Å². The Hall–Kier alpha value is -3.02. The molecule has 3 aromatic rings. The number of aryl methyl sites for hydroxylation is 1. The number of nitrogens with zero attached hydrogens (tertiary/aromatic N) is 4. The molecule has 134 valence electrons. The Morgan fingerprint density at radius 2 is 1.81 bits per heavy atom. The molecule has 0 saturated heterocycles. The second-order valence-electron chi connectivity index (χ2n) is 6.09. The lowest BCUT2D eigenvalue weighted by molar-refractivity contribution is -0.131. The highest BCUT2D eigenvalue weighted by Crippen LogP contribution is 2.05. The van der Waals surface area contributed by atoms with Crippen molar-refractivity contribution in [2.45, 2.75) is 26.3 Å². The summed E-state index contributed by atoms with van der Waals surface area (Å²) < 4.78 is 1.27. The number of aromatic nitrogens is 3. The molecule has 1 heterocycles. The van der Waals surface area contributed by atoms with Crippen molar-refractivity contribution < 1.29 is 4.79 Å². The van der Waals surface area contributed by atoms with Gasteiger partial charge >= 0.3 is 0 Å². The second kappa shape index (κ2) is 8.38. The van der Waals surface area contributed by atoms with Gasteiger partial charge in [0, 0.05) is 19.5 Å². The number of fused-ring (bicyclic) bond motifs is 1. The topological polar surface area (TPSA) is 68.1 Å². The molecule has 0 bridgehead atoms. The third-order valence-corrected chi connectivity index (χ3v) is 4.41. The summed E-state index contributed by atoms with van der Waals surface area (Å²) >= 11 is 0. The van der Waals surface area contributed by atoms with Crippen LogP contribution in [-0.2, 0) is 17.8 Å². The standard InChI is InChI=1S/C20H22N4O2/c1-2-23(14-12-16-8-4-3-5-9-16)19(25)13-15-24-20(26)17-10-6-7-11-18(17)21-22-24/h3-11H,2,12-15H2,1H3. The summed E-state index contributed by atoms with van der Waals surface area (Å²) in [6.45, 7) is 3.50. The van der Waals surface area contributed by atoms with E-state index in [1.807, 2.05) is 36.1 Å². The Kier molecular flexibility index (Phi) is 5.73. The predicted molar refractivity (Wildman–Crippen MR) is 101 cm³/mol. The minimum atomic E-state index is -0.212. The average molecular weight is 350 g/mol. The van der Waals surface area contributed by atoms with E-state index in [9.17, 15) is 9.59 Å². The van der Waals surface area contributed by atoms with Gasteiger partial charge in [-0.3, -0.25) is 9.59 Å². The molecule has 0 fully saturated rings. The number of hydrogen-bond donors (Lipinski definition) is 0. The maximum Gasteiger partial charge on any atom is 0.277 e. The van der Waals surface area contributed by atoms with Gasteiger partial charge in [-0.15, -0.1) is 5.10 Å². The largest absolute Gasteiger partial charge is 0.343 e. The molecule has 0 N–H and O–H groups in total. The van der Waals surface area contributed by atoms with Crippen LogP contribution in [0.5, 0.6) is 0 Å². The monoisotopic (exact) mass is 350 g/mol. The van der Waals surface area contributed by atoms with Gasteiger partial charge in [-0.25, -0.2) is 4.68 Å². The smallest absolute Gasteiger partial charge is 0.277 e. The van der Waals surface area contributed by atoms with Crippen molar-refractivity contribution in [2.24, 2.45) is 0 Å². The maximum absolute atomic E-state index is 12.5. The van der Waals surface area contributed by atoms with E-state index in [0.29, 0.717) is 24.0 Å². The zero-order valence-corrected chi connectivity index (χ0v) is 14.8. The van der Waals surface area contributed by atoms with Crippen molar-refractivity contribution >= 4 is 16.8 Å².